The van der Waals surface area contributed by atoms with Crippen molar-refractivity contribution in [1.29, 1.82) is 0 Å². The number of piperidine rings is 1. The number of pyridine rings is 2. The summed E-state index contributed by atoms with van der Waals surface area (Å²) in [6, 6.07) is 9.86. The highest BCUT2D eigenvalue weighted by atomic mass is 16.5. The lowest BCUT2D eigenvalue weighted by molar-refractivity contribution is -0.157. The predicted octanol–water partition coefficient (Wildman–Crippen LogP) is 2.50. The van der Waals surface area contributed by atoms with E-state index in [9.17, 15) is 14.7 Å². The number of aliphatic hydroxyl groups excluding tert-OH is 1. The van der Waals surface area contributed by atoms with Gasteiger partial charge in [0.15, 0.2) is 6.10 Å². The minimum absolute atomic E-state index is 0.100. The van der Waals surface area contributed by atoms with Crippen molar-refractivity contribution in [2.45, 2.75) is 45.1 Å². The first-order valence-corrected chi connectivity index (χ1v) is 10.9. The number of para-hydroxylation sites is 1. The van der Waals surface area contributed by atoms with Crippen LogP contribution in [0.15, 0.2) is 35.1 Å². The monoisotopic (exact) mass is 417 g/mol. The van der Waals surface area contributed by atoms with Gasteiger partial charge >= 0.3 is 5.97 Å². The lowest BCUT2D eigenvalue weighted by atomic mass is 9.98. The summed E-state index contributed by atoms with van der Waals surface area (Å²) in [5.41, 5.74) is 5.09. The van der Waals surface area contributed by atoms with Crippen molar-refractivity contribution in [1.82, 2.24) is 14.5 Å². The van der Waals surface area contributed by atoms with E-state index in [-0.39, 0.29) is 12.2 Å². The number of hydrogen-bond acceptors (Lipinski definition) is 6. The Kier molecular flexibility index (Phi) is 4.23. The molecule has 0 saturated carbocycles. The molecule has 1 saturated heterocycles. The number of aliphatic hydroxyl groups is 1. The van der Waals surface area contributed by atoms with Crippen LogP contribution in [0.3, 0.4) is 0 Å². The molecule has 5 heterocycles. The Bertz CT molecular complexity index is 1290. The molecule has 1 unspecified atom stereocenters. The van der Waals surface area contributed by atoms with Crippen molar-refractivity contribution >= 4 is 16.9 Å². The number of esters is 1. The standard InChI is InChI=1S/C24H23N3O4/c28-22-15-10-20-21-17(12-27(20)23(29)18(15)13-31-24(22)30)16(11-26-8-4-1-5-9-26)14-6-2-3-7-19(14)25-21/h2-3,6-7,10,22,28H,1,4-5,8-9,11-13H2. The fourth-order valence-electron chi connectivity index (χ4n) is 5.18. The molecule has 0 aliphatic carbocycles. The molecule has 7 nitrogen and oxygen atoms in total. The summed E-state index contributed by atoms with van der Waals surface area (Å²) >= 11 is 0. The third-order valence-electron chi connectivity index (χ3n) is 6.81. The molecule has 1 atom stereocenters. The van der Waals surface area contributed by atoms with E-state index in [1.54, 1.807) is 10.6 Å². The summed E-state index contributed by atoms with van der Waals surface area (Å²) in [4.78, 5) is 32.5. The van der Waals surface area contributed by atoms with Gasteiger partial charge in [-0.05, 0) is 43.6 Å². The number of likely N-dealkylation sites (tertiary alicyclic amines) is 1. The van der Waals surface area contributed by atoms with Crippen LogP contribution in [0.25, 0.3) is 22.3 Å². The Morgan fingerprint density at radius 3 is 2.74 bits per heavy atom. The molecule has 0 radical (unpaired) electrons. The molecule has 158 valence electrons. The Labute approximate surface area is 178 Å². The second kappa shape index (κ2) is 7.00. The van der Waals surface area contributed by atoms with E-state index < -0.39 is 12.1 Å². The lowest BCUT2D eigenvalue weighted by Crippen LogP contribution is -2.32. The molecule has 3 aromatic rings. The van der Waals surface area contributed by atoms with Crippen molar-refractivity contribution < 1.29 is 14.6 Å². The number of ether oxygens (including phenoxy) is 1. The largest absolute Gasteiger partial charge is 0.458 e. The molecule has 1 aromatic carbocycles. The number of rotatable bonds is 2. The molecule has 1 fully saturated rings. The third kappa shape index (κ3) is 2.84. The molecule has 2 aromatic heterocycles. The highest BCUT2D eigenvalue weighted by Gasteiger charge is 2.34. The first kappa shape index (κ1) is 18.7. The van der Waals surface area contributed by atoms with Gasteiger partial charge in [-0.15, -0.1) is 0 Å². The quantitative estimate of drug-likeness (QED) is 0.505. The molecule has 0 spiro atoms. The summed E-state index contributed by atoms with van der Waals surface area (Å²) in [5, 5.41) is 11.4. The second-order valence-corrected chi connectivity index (χ2v) is 8.64. The van der Waals surface area contributed by atoms with Crippen molar-refractivity contribution in [2.24, 2.45) is 0 Å². The lowest BCUT2D eigenvalue weighted by Gasteiger charge is -2.27. The van der Waals surface area contributed by atoms with Gasteiger partial charge in [-0.25, -0.2) is 9.78 Å². The number of cyclic esters (lactones) is 1. The molecule has 3 aliphatic heterocycles. The fraction of sp³-hybridized carbons (Fsp3) is 0.375. The van der Waals surface area contributed by atoms with Crippen LogP contribution < -0.4 is 5.56 Å². The van der Waals surface area contributed by atoms with Gasteiger partial charge in [0, 0.05) is 23.1 Å². The number of fused-ring (bicyclic) bond motifs is 5. The zero-order valence-corrected chi connectivity index (χ0v) is 17.1. The number of carbonyl (C=O) groups excluding carboxylic acids is 1. The molecular formula is C24H23N3O4. The van der Waals surface area contributed by atoms with Gasteiger partial charge < -0.3 is 14.4 Å². The predicted molar refractivity (Wildman–Crippen MR) is 114 cm³/mol. The van der Waals surface area contributed by atoms with E-state index in [4.69, 9.17) is 9.72 Å². The van der Waals surface area contributed by atoms with Crippen LogP contribution in [0, 0.1) is 0 Å². The summed E-state index contributed by atoms with van der Waals surface area (Å²) in [7, 11) is 0. The first-order chi connectivity index (χ1) is 15.1. The molecule has 1 N–H and O–H groups in total. The van der Waals surface area contributed by atoms with Crippen LogP contribution in [0.4, 0.5) is 0 Å². The normalized spacial score (nSPS) is 20.3. The van der Waals surface area contributed by atoms with Gasteiger partial charge in [0.05, 0.1) is 29.0 Å². The number of hydrogen-bond donors (Lipinski definition) is 1. The molecule has 31 heavy (non-hydrogen) atoms. The Morgan fingerprint density at radius 1 is 1.10 bits per heavy atom. The maximum Gasteiger partial charge on any atom is 0.340 e. The zero-order valence-electron chi connectivity index (χ0n) is 17.1. The van der Waals surface area contributed by atoms with E-state index in [1.807, 2.05) is 18.2 Å². The van der Waals surface area contributed by atoms with Gasteiger partial charge in [-0.3, -0.25) is 9.69 Å². The van der Waals surface area contributed by atoms with E-state index in [0.29, 0.717) is 23.4 Å². The number of benzene rings is 1. The van der Waals surface area contributed by atoms with Gasteiger partial charge in [-0.2, -0.15) is 0 Å². The summed E-state index contributed by atoms with van der Waals surface area (Å²) < 4.78 is 6.71. The maximum atomic E-state index is 13.2. The van der Waals surface area contributed by atoms with Crippen LogP contribution in [-0.2, 0) is 29.2 Å². The smallest absolute Gasteiger partial charge is 0.340 e. The van der Waals surface area contributed by atoms with E-state index in [2.05, 4.69) is 11.0 Å². The maximum absolute atomic E-state index is 13.2. The topological polar surface area (TPSA) is 84.7 Å². The Balaban J connectivity index is 1.56. The molecule has 3 aliphatic rings. The van der Waals surface area contributed by atoms with Gasteiger partial charge in [0.2, 0.25) is 0 Å². The van der Waals surface area contributed by atoms with Crippen molar-refractivity contribution in [2.75, 3.05) is 13.1 Å². The summed E-state index contributed by atoms with van der Waals surface area (Å²) in [6.45, 7) is 3.34. The molecule has 7 heteroatoms. The van der Waals surface area contributed by atoms with Gasteiger partial charge in [0.1, 0.15) is 6.61 Å². The Morgan fingerprint density at radius 2 is 1.90 bits per heavy atom. The van der Waals surface area contributed by atoms with Crippen molar-refractivity contribution in [3.8, 4) is 11.4 Å². The zero-order chi connectivity index (χ0) is 21.1. The summed E-state index contributed by atoms with van der Waals surface area (Å²) in [5.74, 6) is -0.715. The molecule has 0 bridgehead atoms. The van der Waals surface area contributed by atoms with Crippen molar-refractivity contribution in [3.63, 3.8) is 0 Å². The fourth-order valence-corrected chi connectivity index (χ4v) is 5.18. The molecule has 0 amide bonds. The van der Waals surface area contributed by atoms with Crippen LogP contribution in [0.1, 0.15) is 47.6 Å². The van der Waals surface area contributed by atoms with Crippen LogP contribution in [0.2, 0.25) is 0 Å². The average Bonchev–Trinajstić information content (AvgIpc) is 3.16. The number of nitrogens with zero attached hydrogens (tertiary/aromatic N) is 3. The van der Waals surface area contributed by atoms with Crippen LogP contribution in [0.5, 0.6) is 0 Å². The highest BCUT2D eigenvalue weighted by Crippen LogP contribution is 2.38. The van der Waals surface area contributed by atoms with E-state index in [1.165, 1.54) is 24.8 Å². The van der Waals surface area contributed by atoms with Crippen LogP contribution >= 0.6 is 0 Å². The average molecular weight is 417 g/mol. The molecular weight excluding hydrogens is 394 g/mol. The van der Waals surface area contributed by atoms with E-state index in [0.717, 1.165) is 41.8 Å². The minimum Gasteiger partial charge on any atom is -0.458 e. The highest BCUT2D eigenvalue weighted by molar-refractivity contribution is 5.88. The number of carbonyl (C=O) groups is 1. The number of aromatic nitrogens is 2. The van der Waals surface area contributed by atoms with E-state index >= 15 is 0 Å². The summed E-state index contributed by atoms with van der Waals surface area (Å²) in [6.07, 6.45) is 2.27. The van der Waals surface area contributed by atoms with Crippen molar-refractivity contribution in [3.05, 3.63) is 62.9 Å². The third-order valence-corrected chi connectivity index (χ3v) is 6.81. The molecule has 6 rings (SSSR count). The minimum atomic E-state index is -1.43. The first-order valence-electron chi connectivity index (χ1n) is 10.9. The Hall–Kier alpha value is -3.03. The second-order valence-electron chi connectivity index (χ2n) is 8.64. The van der Waals surface area contributed by atoms with Gasteiger partial charge in [0.25, 0.3) is 5.56 Å². The van der Waals surface area contributed by atoms with Crippen LogP contribution in [-0.4, -0.2) is 38.6 Å². The SMILES string of the molecule is O=C1OCc2c(cc3n(c2=O)Cc2c-3nc3ccccc3c2CN2CCCCC2)C1O. The van der Waals surface area contributed by atoms with Gasteiger partial charge in [-0.1, -0.05) is 24.6 Å².